The van der Waals surface area contributed by atoms with Crippen LogP contribution in [0.4, 0.5) is 0 Å². The van der Waals surface area contributed by atoms with E-state index in [-0.39, 0.29) is 31.0 Å². The number of nitrogens with zero attached hydrogens (tertiary/aromatic N) is 1. The van der Waals surface area contributed by atoms with Crippen LogP contribution in [-0.2, 0) is 22.6 Å². The van der Waals surface area contributed by atoms with Crippen molar-refractivity contribution in [3.63, 3.8) is 0 Å². The van der Waals surface area contributed by atoms with E-state index in [0.29, 0.717) is 22.2 Å². The predicted molar refractivity (Wildman–Crippen MR) is 148 cm³/mol. The Kier molecular flexibility index (Phi) is 9.86. The van der Waals surface area contributed by atoms with Gasteiger partial charge in [0.1, 0.15) is 11.8 Å². The molecule has 0 radical (unpaired) electrons. The lowest BCUT2D eigenvalue weighted by Crippen LogP contribution is -2.53. The summed E-state index contributed by atoms with van der Waals surface area (Å²) in [5.74, 6) is -0.0324. The molecule has 194 valence electrons. The Labute approximate surface area is 228 Å². The number of ether oxygens (including phenoxy) is 1. The van der Waals surface area contributed by atoms with Crippen molar-refractivity contribution in [1.29, 1.82) is 0 Å². The first-order valence-corrected chi connectivity index (χ1v) is 13.5. The largest absolute Gasteiger partial charge is 0.482 e. The summed E-state index contributed by atoms with van der Waals surface area (Å²) in [7, 11) is 0. The van der Waals surface area contributed by atoms with Crippen LogP contribution in [0.25, 0.3) is 0 Å². The summed E-state index contributed by atoms with van der Waals surface area (Å²) in [5.41, 5.74) is 1.81. The Balaban J connectivity index is 1.62. The molecule has 5 nitrogen and oxygen atoms in total. The second kappa shape index (κ2) is 13.5. The van der Waals surface area contributed by atoms with Gasteiger partial charge in [0, 0.05) is 24.0 Å². The van der Waals surface area contributed by atoms with E-state index in [1.54, 1.807) is 35.2 Å². The van der Waals surface area contributed by atoms with Crippen molar-refractivity contribution < 1.29 is 14.3 Å². The maximum atomic E-state index is 13.8. The minimum absolute atomic E-state index is 0.127. The van der Waals surface area contributed by atoms with Gasteiger partial charge in [0.15, 0.2) is 6.61 Å². The first-order valence-electron chi connectivity index (χ1n) is 12.7. The van der Waals surface area contributed by atoms with Gasteiger partial charge in [0.25, 0.3) is 5.91 Å². The molecule has 0 heterocycles. The van der Waals surface area contributed by atoms with Crippen LogP contribution in [0.3, 0.4) is 0 Å². The lowest BCUT2D eigenvalue weighted by Gasteiger charge is -2.33. The summed E-state index contributed by atoms with van der Waals surface area (Å²) in [6.45, 7) is -0.0207. The summed E-state index contributed by atoms with van der Waals surface area (Å²) in [6.07, 6.45) is 5.70. The third-order valence-corrected chi connectivity index (χ3v) is 7.20. The number of para-hydroxylation sites is 1. The van der Waals surface area contributed by atoms with Crippen LogP contribution in [0.1, 0.15) is 43.2 Å². The van der Waals surface area contributed by atoms with E-state index in [0.717, 1.165) is 36.8 Å². The molecule has 1 saturated carbocycles. The maximum Gasteiger partial charge on any atom is 0.261 e. The highest BCUT2D eigenvalue weighted by molar-refractivity contribution is 6.32. The lowest BCUT2D eigenvalue weighted by molar-refractivity contribution is -0.143. The number of carbonyl (C=O) groups is 2. The number of hydrogen-bond acceptors (Lipinski definition) is 3. The highest BCUT2D eigenvalue weighted by Crippen LogP contribution is 2.24. The molecule has 1 aliphatic rings. The molecule has 1 unspecified atom stereocenters. The zero-order valence-corrected chi connectivity index (χ0v) is 22.3. The minimum atomic E-state index is -0.717. The summed E-state index contributed by atoms with van der Waals surface area (Å²) in [6, 6.07) is 23.5. The van der Waals surface area contributed by atoms with E-state index in [1.165, 1.54) is 6.42 Å². The molecule has 1 N–H and O–H groups in total. The first kappa shape index (κ1) is 27.0. The first-order chi connectivity index (χ1) is 18.0. The van der Waals surface area contributed by atoms with E-state index in [4.69, 9.17) is 27.9 Å². The van der Waals surface area contributed by atoms with Gasteiger partial charge in [-0.05, 0) is 48.2 Å². The average Bonchev–Trinajstić information content (AvgIpc) is 2.91. The van der Waals surface area contributed by atoms with Crippen molar-refractivity contribution in [3.05, 3.63) is 100 Å². The van der Waals surface area contributed by atoms with Crippen molar-refractivity contribution in [3.8, 4) is 5.75 Å². The lowest BCUT2D eigenvalue weighted by atomic mass is 9.94. The van der Waals surface area contributed by atoms with Crippen LogP contribution in [-0.4, -0.2) is 35.4 Å². The van der Waals surface area contributed by atoms with Gasteiger partial charge >= 0.3 is 0 Å². The van der Waals surface area contributed by atoms with E-state index in [9.17, 15) is 9.59 Å². The highest BCUT2D eigenvalue weighted by atomic mass is 35.5. The van der Waals surface area contributed by atoms with Gasteiger partial charge in [0.2, 0.25) is 5.91 Å². The molecular formula is C30H32Cl2N2O3. The number of rotatable bonds is 10. The third-order valence-electron chi connectivity index (χ3n) is 6.65. The Morgan fingerprint density at radius 2 is 1.59 bits per heavy atom. The van der Waals surface area contributed by atoms with Gasteiger partial charge in [-0.25, -0.2) is 0 Å². The molecule has 1 atom stereocenters. The smallest absolute Gasteiger partial charge is 0.261 e. The fourth-order valence-corrected chi connectivity index (χ4v) is 5.12. The topological polar surface area (TPSA) is 58.6 Å². The van der Waals surface area contributed by atoms with Crippen molar-refractivity contribution in [2.24, 2.45) is 0 Å². The van der Waals surface area contributed by atoms with Gasteiger partial charge in [-0.2, -0.15) is 0 Å². The van der Waals surface area contributed by atoms with Crippen LogP contribution in [0, 0.1) is 0 Å². The van der Waals surface area contributed by atoms with E-state index in [2.05, 4.69) is 5.32 Å². The fourth-order valence-electron chi connectivity index (χ4n) is 4.71. The second-order valence-corrected chi connectivity index (χ2v) is 10.3. The molecule has 0 spiro atoms. The molecule has 37 heavy (non-hydrogen) atoms. The van der Waals surface area contributed by atoms with Crippen molar-refractivity contribution in [2.45, 2.75) is 57.2 Å². The van der Waals surface area contributed by atoms with E-state index >= 15 is 0 Å². The van der Waals surface area contributed by atoms with Crippen LogP contribution in [0.15, 0.2) is 78.9 Å². The molecule has 0 saturated heterocycles. The van der Waals surface area contributed by atoms with Crippen LogP contribution in [0.5, 0.6) is 5.75 Å². The van der Waals surface area contributed by atoms with E-state index in [1.807, 2.05) is 48.5 Å². The van der Waals surface area contributed by atoms with Gasteiger partial charge in [-0.1, -0.05) is 97.1 Å². The molecular weight excluding hydrogens is 507 g/mol. The second-order valence-electron chi connectivity index (χ2n) is 9.42. The quantitative estimate of drug-likeness (QED) is 0.322. The molecule has 1 fully saturated rings. The number of amides is 2. The monoisotopic (exact) mass is 538 g/mol. The van der Waals surface area contributed by atoms with Gasteiger partial charge in [-0.15, -0.1) is 0 Å². The zero-order valence-electron chi connectivity index (χ0n) is 20.7. The summed E-state index contributed by atoms with van der Waals surface area (Å²) in [5, 5.41) is 4.23. The van der Waals surface area contributed by atoms with Gasteiger partial charge in [-0.3, -0.25) is 9.59 Å². The van der Waals surface area contributed by atoms with Crippen molar-refractivity contribution in [2.75, 3.05) is 6.61 Å². The van der Waals surface area contributed by atoms with Gasteiger partial charge < -0.3 is 15.0 Å². The molecule has 0 bridgehead atoms. The number of hydrogen-bond donors (Lipinski definition) is 1. The Morgan fingerprint density at radius 3 is 2.32 bits per heavy atom. The molecule has 3 aromatic rings. The Bertz CT molecular complexity index is 1180. The molecule has 1 aliphatic carbocycles. The Morgan fingerprint density at radius 1 is 0.892 bits per heavy atom. The van der Waals surface area contributed by atoms with Crippen molar-refractivity contribution in [1.82, 2.24) is 10.2 Å². The summed E-state index contributed by atoms with van der Waals surface area (Å²) >= 11 is 12.5. The number of nitrogens with one attached hydrogen (secondary N) is 1. The Hall–Kier alpha value is -3.02. The van der Waals surface area contributed by atoms with Crippen LogP contribution >= 0.6 is 23.2 Å². The standard InChI is InChI=1S/C30H32Cl2N2O3/c31-24-13-9-12-23(18-24)20-34(29(35)21-37-28-17-8-7-16-26(28)32)27(19-22-10-3-1-4-11-22)30(36)33-25-14-5-2-6-15-25/h1,3-4,7-13,16-18,25,27H,2,5-6,14-15,19-21H2,(H,33,36). The molecule has 4 rings (SSSR count). The fraction of sp³-hybridized carbons (Fsp3) is 0.333. The number of carbonyl (C=O) groups excluding carboxylic acids is 2. The highest BCUT2D eigenvalue weighted by Gasteiger charge is 2.32. The summed E-state index contributed by atoms with van der Waals surface area (Å²) < 4.78 is 5.79. The minimum Gasteiger partial charge on any atom is -0.482 e. The normalized spacial score (nSPS) is 14.5. The average molecular weight is 540 g/mol. The molecule has 7 heteroatoms. The van der Waals surface area contributed by atoms with E-state index < -0.39 is 6.04 Å². The van der Waals surface area contributed by atoms with Crippen LogP contribution < -0.4 is 10.1 Å². The third kappa shape index (κ3) is 7.98. The number of benzene rings is 3. The van der Waals surface area contributed by atoms with Gasteiger partial charge in [0.05, 0.1) is 5.02 Å². The SMILES string of the molecule is O=C(NC1CCCCC1)C(Cc1ccccc1)N(Cc1cccc(Cl)c1)C(=O)COc1ccccc1Cl. The zero-order chi connectivity index (χ0) is 26.0. The predicted octanol–water partition coefficient (Wildman–Crippen LogP) is 6.46. The van der Waals surface area contributed by atoms with Crippen molar-refractivity contribution >= 4 is 35.0 Å². The molecule has 2 amide bonds. The number of halogens is 2. The van der Waals surface area contributed by atoms with Crippen LogP contribution in [0.2, 0.25) is 10.0 Å². The molecule has 0 aliphatic heterocycles. The maximum absolute atomic E-state index is 13.8. The molecule has 3 aromatic carbocycles. The molecule has 0 aromatic heterocycles. The summed E-state index contributed by atoms with van der Waals surface area (Å²) in [4.78, 5) is 29.0.